The van der Waals surface area contributed by atoms with Crippen LogP contribution in [0.25, 0.3) is 0 Å². The third-order valence-electron chi connectivity index (χ3n) is 4.36. The van der Waals surface area contributed by atoms with E-state index in [9.17, 15) is 9.59 Å². The van der Waals surface area contributed by atoms with E-state index in [2.05, 4.69) is 5.32 Å². The van der Waals surface area contributed by atoms with Gasteiger partial charge < -0.3 is 19.7 Å². The molecule has 0 saturated carbocycles. The number of carbonyl (C=O) groups is 2. The van der Waals surface area contributed by atoms with E-state index in [0.717, 1.165) is 4.90 Å². The quantitative estimate of drug-likeness (QED) is 0.812. The second-order valence-electron chi connectivity index (χ2n) is 5.90. The molecule has 0 aliphatic carbocycles. The van der Waals surface area contributed by atoms with Crippen molar-refractivity contribution in [3.63, 3.8) is 0 Å². The molecule has 1 fully saturated rings. The molecule has 0 aromatic heterocycles. The first-order chi connectivity index (χ1) is 12.0. The van der Waals surface area contributed by atoms with Crippen molar-refractivity contribution in [3.05, 3.63) is 23.2 Å². The topological polar surface area (TPSA) is 72.3 Å². The van der Waals surface area contributed by atoms with Crippen LogP contribution in [0.5, 0.6) is 5.75 Å². The summed E-state index contributed by atoms with van der Waals surface area (Å²) in [6, 6.07) is 4.90. The smallest absolute Gasteiger partial charge is 0.410 e. The second kappa shape index (κ2) is 8.92. The zero-order valence-electron chi connectivity index (χ0n) is 14.8. The fourth-order valence-electron chi connectivity index (χ4n) is 2.80. The van der Waals surface area contributed by atoms with Crippen LogP contribution < -0.4 is 15.0 Å². The highest BCUT2D eigenvalue weighted by molar-refractivity contribution is 6.32. The number of amides is 2. The van der Waals surface area contributed by atoms with Crippen molar-refractivity contribution in [2.45, 2.75) is 19.9 Å². The van der Waals surface area contributed by atoms with Crippen LogP contribution in [0.3, 0.4) is 0 Å². The van der Waals surface area contributed by atoms with Gasteiger partial charge in [-0.3, -0.25) is 9.69 Å². The first-order valence-electron chi connectivity index (χ1n) is 8.37. The summed E-state index contributed by atoms with van der Waals surface area (Å²) in [6.07, 6.45) is -0.286. The van der Waals surface area contributed by atoms with Crippen LogP contribution in [0.1, 0.15) is 13.8 Å². The largest absolute Gasteiger partial charge is 0.495 e. The summed E-state index contributed by atoms with van der Waals surface area (Å²) in [5.74, 6) is 0.481. The van der Waals surface area contributed by atoms with E-state index in [1.807, 2.05) is 6.92 Å². The van der Waals surface area contributed by atoms with Crippen molar-refractivity contribution in [1.29, 1.82) is 0 Å². The highest BCUT2D eigenvalue weighted by atomic mass is 35.5. The average Bonchev–Trinajstić information content (AvgIpc) is 2.61. The van der Waals surface area contributed by atoms with Gasteiger partial charge in [0, 0.05) is 5.69 Å². The van der Waals surface area contributed by atoms with Gasteiger partial charge in [-0.15, -0.1) is 0 Å². The number of hydrogen-bond donors (Lipinski definition) is 2. The Morgan fingerprint density at radius 2 is 2.04 bits per heavy atom. The summed E-state index contributed by atoms with van der Waals surface area (Å²) >= 11 is 6.08. The molecular formula is C17H25ClN3O4+. The number of nitrogens with one attached hydrogen (secondary N) is 2. The van der Waals surface area contributed by atoms with Gasteiger partial charge in [-0.05, 0) is 32.0 Å². The Balaban J connectivity index is 1.88. The molecule has 25 heavy (non-hydrogen) atoms. The average molecular weight is 371 g/mol. The Hall–Kier alpha value is -1.99. The monoisotopic (exact) mass is 370 g/mol. The Morgan fingerprint density at radius 3 is 2.60 bits per heavy atom. The Bertz CT molecular complexity index is 618. The van der Waals surface area contributed by atoms with Gasteiger partial charge in [0.1, 0.15) is 5.75 Å². The lowest BCUT2D eigenvalue weighted by Gasteiger charge is -2.34. The van der Waals surface area contributed by atoms with Crippen molar-refractivity contribution in [2.75, 3.05) is 45.2 Å². The number of methoxy groups -OCH3 is 1. The summed E-state index contributed by atoms with van der Waals surface area (Å²) < 4.78 is 10.1. The van der Waals surface area contributed by atoms with Crippen molar-refractivity contribution in [2.24, 2.45) is 0 Å². The van der Waals surface area contributed by atoms with Crippen LogP contribution in [0.2, 0.25) is 5.02 Å². The molecule has 0 radical (unpaired) electrons. The van der Waals surface area contributed by atoms with E-state index in [-0.39, 0.29) is 18.0 Å². The Labute approximate surface area is 152 Å². The SMILES string of the molecule is CCOC(=O)N1CC[NH+]([C@@H](C)C(=O)Nc2ccc(OC)c(Cl)c2)CC1. The Morgan fingerprint density at radius 1 is 1.36 bits per heavy atom. The van der Waals surface area contributed by atoms with Crippen molar-refractivity contribution in [3.8, 4) is 5.75 Å². The van der Waals surface area contributed by atoms with E-state index in [1.165, 1.54) is 0 Å². The first-order valence-corrected chi connectivity index (χ1v) is 8.74. The summed E-state index contributed by atoms with van der Waals surface area (Å²) in [6.45, 7) is 6.62. The van der Waals surface area contributed by atoms with Gasteiger partial charge in [0.15, 0.2) is 6.04 Å². The minimum Gasteiger partial charge on any atom is -0.495 e. The molecule has 1 heterocycles. The molecule has 1 aromatic rings. The predicted octanol–water partition coefficient (Wildman–Crippen LogP) is 1.03. The number of rotatable bonds is 5. The highest BCUT2D eigenvalue weighted by Gasteiger charge is 2.31. The minimum absolute atomic E-state index is 0.0826. The van der Waals surface area contributed by atoms with Crippen LogP contribution in [0.15, 0.2) is 18.2 Å². The number of nitrogens with zero attached hydrogens (tertiary/aromatic N) is 1. The van der Waals surface area contributed by atoms with Crippen molar-refractivity contribution < 1.29 is 24.0 Å². The van der Waals surface area contributed by atoms with Gasteiger partial charge in [0.2, 0.25) is 0 Å². The standard InChI is InChI=1S/C17H24ClN3O4/c1-4-25-17(23)21-9-7-20(8-10-21)12(2)16(22)19-13-5-6-15(24-3)14(18)11-13/h5-6,11-12H,4,7-10H2,1-3H3,(H,19,22)/p+1/t12-/m0/s1. The van der Waals surface area contributed by atoms with Crippen LogP contribution in [-0.2, 0) is 9.53 Å². The minimum atomic E-state index is -0.286. The van der Waals surface area contributed by atoms with Crippen molar-refractivity contribution >= 4 is 29.3 Å². The van der Waals surface area contributed by atoms with Gasteiger partial charge in [0.25, 0.3) is 5.91 Å². The third kappa shape index (κ3) is 4.99. The molecule has 8 heteroatoms. The molecule has 0 spiro atoms. The zero-order chi connectivity index (χ0) is 18.4. The molecule has 1 atom stereocenters. The molecule has 1 aromatic carbocycles. The summed E-state index contributed by atoms with van der Waals surface area (Å²) in [5.41, 5.74) is 0.632. The fraction of sp³-hybridized carbons (Fsp3) is 0.529. The van der Waals surface area contributed by atoms with Crippen LogP contribution in [-0.4, -0.2) is 62.8 Å². The molecular weight excluding hydrogens is 346 g/mol. The molecule has 1 aliphatic heterocycles. The van der Waals surface area contributed by atoms with E-state index < -0.39 is 0 Å². The third-order valence-corrected chi connectivity index (χ3v) is 4.65. The number of anilines is 1. The number of hydrogen-bond acceptors (Lipinski definition) is 4. The van der Waals surface area contributed by atoms with Crippen LogP contribution in [0, 0.1) is 0 Å². The van der Waals surface area contributed by atoms with E-state index in [0.29, 0.717) is 49.2 Å². The molecule has 1 aliphatic rings. The molecule has 0 bridgehead atoms. The lowest BCUT2D eigenvalue weighted by Crippen LogP contribution is -3.19. The Kier molecular flexibility index (Phi) is 6.90. The van der Waals surface area contributed by atoms with Crippen LogP contribution in [0.4, 0.5) is 10.5 Å². The molecule has 2 N–H and O–H groups in total. The van der Waals surface area contributed by atoms with Gasteiger partial charge >= 0.3 is 6.09 Å². The predicted molar refractivity (Wildman–Crippen MR) is 95.4 cm³/mol. The maximum absolute atomic E-state index is 12.5. The highest BCUT2D eigenvalue weighted by Crippen LogP contribution is 2.27. The first kappa shape index (κ1) is 19.3. The summed E-state index contributed by atoms with van der Waals surface area (Å²) in [5, 5.41) is 3.33. The maximum atomic E-state index is 12.5. The molecule has 1 saturated heterocycles. The summed E-state index contributed by atoms with van der Waals surface area (Å²) in [7, 11) is 1.54. The van der Waals surface area contributed by atoms with Gasteiger partial charge in [-0.2, -0.15) is 0 Å². The zero-order valence-corrected chi connectivity index (χ0v) is 15.6. The molecule has 0 unspecified atom stereocenters. The van der Waals surface area contributed by atoms with Crippen LogP contribution >= 0.6 is 11.6 Å². The van der Waals surface area contributed by atoms with E-state index >= 15 is 0 Å². The molecule has 2 amide bonds. The van der Waals surface area contributed by atoms with E-state index in [4.69, 9.17) is 21.1 Å². The normalized spacial score (nSPS) is 16.2. The number of benzene rings is 1. The van der Waals surface area contributed by atoms with Crippen molar-refractivity contribution in [1.82, 2.24) is 4.90 Å². The number of quaternary nitrogens is 1. The fourth-order valence-corrected chi connectivity index (χ4v) is 3.06. The lowest BCUT2D eigenvalue weighted by molar-refractivity contribution is -0.917. The molecule has 7 nitrogen and oxygen atoms in total. The molecule has 2 rings (SSSR count). The van der Waals surface area contributed by atoms with Gasteiger partial charge in [0.05, 0.1) is 44.9 Å². The maximum Gasteiger partial charge on any atom is 0.410 e. The number of carbonyl (C=O) groups excluding carboxylic acids is 2. The lowest BCUT2D eigenvalue weighted by atomic mass is 10.2. The summed E-state index contributed by atoms with van der Waals surface area (Å²) in [4.78, 5) is 27.0. The number of piperazine rings is 1. The van der Waals surface area contributed by atoms with Gasteiger partial charge in [-0.25, -0.2) is 4.79 Å². The molecule has 138 valence electrons. The number of halogens is 1. The van der Waals surface area contributed by atoms with Gasteiger partial charge in [-0.1, -0.05) is 11.6 Å². The van der Waals surface area contributed by atoms with E-state index in [1.54, 1.807) is 37.1 Å². The number of ether oxygens (including phenoxy) is 2. The second-order valence-corrected chi connectivity index (χ2v) is 6.31.